The Morgan fingerprint density at radius 1 is 1.45 bits per heavy atom. The Labute approximate surface area is 115 Å². The molecule has 1 atom stereocenters. The first-order chi connectivity index (χ1) is 9.31. The highest BCUT2D eigenvalue weighted by Gasteiger charge is 2.17. The molecule has 20 heavy (non-hydrogen) atoms. The SMILES string of the molecule is CC(O)CN(C)C(=O)c1cc(C=CC(=O)O)ccc1F. The average Bonchev–Trinajstić information content (AvgIpc) is 2.36. The Kier molecular flexibility index (Phi) is 5.40. The molecule has 1 aromatic carbocycles. The molecule has 1 aromatic rings. The summed E-state index contributed by atoms with van der Waals surface area (Å²) < 4.78 is 13.7. The number of amides is 1. The van der Waals surface area contributed by atoms with E-state index in [4.69, 9.17) is 5.11 Å². The number of carboxylic acid groups (broad SMARTS) is 1. The number of hydrogen-bond donors (Lipinski definition) is 2. The van der Waals surface area contributed by atoms with Crippen molar-refractivity contribution in [1.82, 2.24) is 4.90 Å². The number of benzene rings is 1. The first kappa shape index (κ1) is 15.8. The van der Waals surface area contributed by atoms with E-state index in [-0.39, 0.29) is 12.1 Å². The lowest BCUT2D eigenvalue weighted by Gasteiger charge is -2.19. The highest BCUT2D eigenvalue weighted by atomic mass is 19.1. The van der Waals surface area contributed by atoms with Crippen molar-refractivity contribution in [2.24, 2.45) is 0 Å². The first-order valence-electron chi connectivity index (χ1n) is 5.95. The second-order valence-corrected chi connectivity index (χ2v) is 4.45. The molecule has 0 fully saturated rings. The molecule has 1 unspecified atom stereocenters. The van der Waals surface area contributed by atoms with Crippen LogP contribution in [0.2, 0.25) is 0 Å². The van der Waals surface area contributed by atoms with Gasteiger partial charge in [0, 0.05) is 19.7 Å². The van der Waals surface area contributed by atoms with Gasteiger partial charge in [-0.15, -0.1) is 0 Å². The number of aliphatic hydroxyl groups excluding tert-OH is 1. The number of rotatable bonds is 5. The molecule has 0 saturated heterocycles. The highest BCUT2D eigenvalue weighted by molar-refractivity contribution is 5.95. The summed E-state index contributed by atoms with van der Waals surface area (Å²) in [4.78, 5) is 23.7. The molecule has 2 N–H and O–H groups in total. The van der Waals surface area contributed by atoms with Gasteiger partial charge in [-0.05, 0) is 30.7 Å². The largest absolute Gasteiger partial charge is 0.478 e. The zero-order chi connectivity index (χ0) is 15.3. The van der Waals surface area contributed by atoms with Crippen LogP contribution in [0.4, 0.5) is 4.39 Å². The number of hydrogen-bond acceptors (Lipinski definition) is 3. The van der Waals surface area contributed by atoms with Gasteiger partial charge in [-0.1, -0.05) is 6.07 Å². The predicted molar refractivity (Wildman–Crippen MR) is 71.7 cm³/mol. The minimum atomic E-state index is -1.13. The highest BCUT2D eigenvalue weighted by Crippen LogP contribution is 2.14. The number of carbonyl (C=O) groups excluding carboxylic acids is 1. The number of aliphatic hydroxyl groups is 1. The van der Waals surface area contributed by atoms with Crippen LogP contribution in [0, 0.1) is 5.82 Å². The fraction of sp³-hybridized carbons (Fsp3) is 0.286. The maximum atomic E-state index is 13.7. The number of nitrogens with zero attached hydrogens (tertiary/aromatic N) is 1. The lowest BCUT2D eigenvalue weighted by Crippen LogP contribution is -2.33. The van der Waals surface area contributed by atoms with Gasteiger partial charge in [0.15, 0.2) is 0 Å². The van der Waals surface area contributed by atoms with E-state index in [1.807, 2.05) is 0 Å². The summed E-state index contributed by atoms with van der Waals surface area (Å²) in [6, 6.07) is 3.75. The van der Waals surface area contributed by atoms with E-state index in [1.54, 1.807) is 0 Å². The van der Waals surface area contributed by atoms with E-state index < -0.39 is 23.8 Å². The van der Waals surface area contributed by atoms with Gasteiger partial charge >= 0.3 is 5.97 Å². The van der Waals surface area contributed by atoms with Crippen LogP contribution in [0.1, 0.15) is 22.8 Å². The Morgan fingerprint density at radius 2 is 2.10 bits per heavy atom. The first-order valence-corrected chi connectivity index (χ1v) is 5.95. The minimum Gasteiger partial charge on any atom is -0.478 e. The zero-order valence-electron chi connectivity index (χ0n) is 11.2. The maximum absolute atomic E-state index is 13.7. The van der Waals surface area contributed by atoms with Crippen LogP contribution >= 0.6 is 0 Å². The zero-order valence-corrected chi connectivity index (χ0v) is 11.2. The second kappa shape index (κ2) is 6.81. The Hall–Kier alpha value is -2.21. The third-order valence-corrected chi connectivity index (χ3v) is 2.52. The summed E-state index contributed by atoms with van der Waals surface area (Å²) in [5.41, 5.74) is 0.239. The van der Waals surface area contributed by atoms with Crippen molar-refractivity contribution in [1.29, 1.82) is 0 Å². The van der Waals surface area contributed by atoms with E-state index in [0.29, 0.717) is 5.56 Å². The Bertz CT molecular complexity index is 540. The van der Waals surface area contributed by atoms with Gasteiger partial charge in [-0.25, -0.2) is 9.18 Å². The molecule has 0 aliphatic carbocycles. The molecule has 0 radical (unpaired) electrons. The summed E-state index contributed by atoms with van der Waals surface area (Å²) in [6.45, 7) is 1.60. The molecule has 108 valence electrons. The predicted octanol–water partition coefficient (Wildman–Crippen LogP) is 1.38. The molecule has 0 saturated carbocycles. The summed E-state index contributed by atoms with van der Waals surface area (Å²) in [5, 5.41) is 17.8. The van der Waals surface area contributed by atoms with Crippen molar-refractivity contribution in [3.8, 4) is 0 Å². The van der Waals surface area contributed by atoms with Crippen molar-refractivity contribution in [2.45, 2.75) is 13.0 Å². The smallest absolute Gasteiger partial charge is 0.328 e. The van der Waals surface area contributed by atoms with Crippen molar-refractivity contribution in [2.75, 3.05) is 13.6 Å². The monoisotopic (exact) mass is 281 g/mol. The lowest BCUT2D eigenvalue weighted by molar-refractivity contribution is -0.131. The molecule has 0 bridgehead atoms. The summed E-state index contributed by atoms with van der Waals surface area (Å²) in [5.74, 6) is -2.40. The van der Waals surface area contributed by atoms with Crippen LogP contribution < -0.4 is 0 Å². The molecule has 0 aromatic heterocycles. The van der Waals surface area contributed by atoms with Gasteiger partial charge in [0.2, 0.25) is 0 Å². The summed E-state index contributed by atoms with van der Waals surface area (Å²) >= 11 is 0. The van der Waals surface area contributed by atoms with E-state index >= 15 is 0 Å². The lowest BCUT2D eigenvalue weighted by atomic mass is 10.1. The molecule has 5 nitrogen and oxygen atoms in total. The van der Waals surface area contributed by atoms with Gasteiger partial charge in [-0.2, -0.15) is 0 Å². The molecule has 1 amide bonds. The summed E-state index contributed by atoms with van der Waals surface area (Å²) in [6.07, 6.45) is 1.45. The number of carboxylic acids is 1. The standard InChI is InChI=1S/C14H16FNO4/c1-9(17)8-16(2)14(20)11-7-10(3-5-12(11)15)4-6-13(18)19/h3-7,9,17H,8H2,1-2H3,(H,18,19). The molecule has 0 aliphatic rings. The van der Waals surface area contributed by atoms with E-state index in [1.165, 1.54) is 37.1 Å². The molecule has 6 heteroatoms. The minimum absolute atomic E-state index is 0.0769. The van der Waals surface area contributed by atoms with Crippen LogP contribution in [0.25, 0.3) is 6.08 Å². The molecule has 1 rings (SSSR count). The molecule has 0 spiro atoms. The molecular formula is C14H16FNO4. The van der Waals surface area contributed by atoms with Crippen LogP contribution in [0.3, 0.4) is 0 Å². The summed E-state index contributed by atoms with van der Waals surface area (Å²) in [7, 11) is 1.45. The van der Waals surface area contributed by atoms with Gasteiger partial charge in [-0.3, -0.25) is 4.79 Å². The maximum Gasteiger partial charge on any atom is 0.328 e. The van der Waals surface area contributed by atoms with Crippen molar-refractivity contribution >= 4 is 18.0 Å². The van der Waals surface area contributed by atoms with Crippen molar-refractivity contribution < 1.29 is 24.2 Å². The van der Waals surface area contributed by atoms with Gasteiger partial charge in [0.25, 0.3) is 5.91 Å². The fourth-order valence-corrected chi connectivity index (χ4v) is 1.66. The molecule has 0 aliphatic heterocycles. The van der Waals surface area contributed by atoms with E-state index in [2.05, 4.69) is 0 Å². The number of aliphatic carboxylic acids is 1. The normalized spacial score (nSPS) is 12.4. The Morgan fingerprint density at radius 3 is 2.65 bits per heavy atom. The third-order valence-electron chi connectivity index (χ3n) is 2.52. The third kappa shape index (κ3) is 4.47. The molecular weight excluding hydrogens is 265 g/mol. The second-order valence-electron chi connectivity index (χ2n) is 4.45. The van der Waals surface area contributed by atoms with Crippen molar-refractivity contribution in [3.63, 3.8) is 0 Å². The topological polar surface area (TPSA) is 77.8 Å². The van der Waals surface area contributed by atoms with Crippen LogP contribution in [-0.2, 0) is 4.79 Å². The van der Waals surface area contributed by atoms with Crippen LogP contribution in [-0.4, -0.2) is 46.7 Å². The Balaban J connectivity index is 3.02. The van der Waals surface area contributed by atoms with Gasteiger partial charge < -0.3 is 15.1 Å². The van der Waals surface area contributed by atoms with Crippen molar-refractivity contribution in [3.05, 3.63) is 41.2 Å². The number of halogens is 1. The average molecular weight is 281 g/mol. The fourth-order valence-electron chi connectivity index (χ4n) is 1.66. The number of carbonyl (C=O) groups is 2. The number of likely N-dealkylation sites (N-methyl/N-ethyl adjacent to an activating group) is 1. The quantitative estimate of drug-likeness (QED) is 0.799. The van der Waals surface area contributed by atoms with Gasteiger partial charge in [0.1, 0.15) is 5.82 Å². The van der Waals surface area contributed by atoms with E-state index in [0.717, 1.165) is 12.1 Å². The molecule has 0 heterocycles. The van der Waals surface area contributed by atoms with Crippen LogP contribution in [0.15, 0.2) is 24.3 Å². The van der Waals surface area contributed by atoms with Crippen LogP contribution in [0.5, 0.6) is 0 Å². The van der Waals surface area contributed by atoms with Gasteiger partial charge in [0.05, 0.1) is 11.7 Å². The van der Waals surface area contributed by atoms with E-state index in [9.17, 15) is 19.1 Å².